The van der Waals surface area contributed by atoms with E-state index >= 15 is 0 Å². The molecule has 1 atom stereocenters. The van der Waals surface area contributed by atoms with E-state index in [1.54, 1.807) is 0 Å². The Morgan fingerprint density at radius 3 is 1.78 bits per heavy atom. The summed E-state index contributed by atoms with van der Waals surface area (Å²) in [5.74, 6) is -6.14. The van der Waals surface area contributed by atoms with Gasteiger partial charge in [-0.05, 0) is 25.7 Å². The first kappa shape index (κ1) is 34.0. The van der Waals surface area contributed by atoms with Crippen molar-refractivity contribution in [1.82, 2.24) is 4.31 Å². The van der Waals surface area contributed by atoms with Crippen LogP contribution in [0.15, 0.2) is 0 Å². The quantitative estimate of drug-likeness (QED) is 0.227. The third kappa shape index (κ3) is 10.6. The zero-order valence-electron chi connectivity index (χ0n) is 20.3. The van der Waals surface area contributed by atoms with Gasteiger partial charge in [-0.25, -0.2) is 30.7 Å². The van der Waals surface area contributed by atoms with Gasteiger partial charge in [-0.2, -0.15) is 13.2 Å². The number of hydrogen-bond donors (Lipinski definition) is 3. The Bertz CT molecular complexity index is 974. The fraction of sp³-hybridized carbons (Fsp3) is 0.842. The number of hydrogen-bond acceptors (Lipinski definition) is 9. The average Bonchev–Trinajstić information content (AvgIpc) is 2.72. The maximum Gasteiger partial charge on any atom is 0.490 e. The van der Waals surface area contributed by atoms with E-state index in [1.165, 1.54) is 4.31 Å². The van der Waals surface area contributed by atoms with Crippen LogP contribution in [0.5, 0.6) is 0 Å². The SMILES string of the molecule is CCCC(CCC)S(=O)(=O)C[C@](N)(C(N)=O)C(=O)OC1CCN(S(C)(=O)=O)CC1.O=C(O)C(F)(F)F. The number of carbonyl (C=O) groups is 3. The van der Waals surface area contributed by atoms with E-state index in [9.17, 15) is 39.6 Å². The molecule has 36 heavy (non-hydrogen) atoms. The number of aliphatic carboxylic acids is 1. The summed E-state index contributed by atoms with van der Waals surface area (Å²) in [5.41, 5.74) is 8.68. The first-order chi connectivity index (χ1) is 16.2. The second-order valence-electron chi connectivity index (χ2n) is 8.41. The second-order valence-corrected chi connectivity index (χ2v) is 12.7. The van der Waals surface area contributed by atoms with Gasteiger partial charge in [-0.3, -0.25) is 4.79 Å². The molecule has 0 unspecified atom stereocenters. The van der Waals surface area contributed by atoms with Crippen LogP contribution in [0, 0.1) is 0 Å². The van der Waals surface area contributed by atoms with Crippen LogP contribution in [-0.2, 0) is 39.0 Å². The normalized spacial score (nSPS) is 17.6. The van der Waals surface area contributed by atoms with Crippen molar-refractivity contribution in [2.75, 3.05) is 25.1 Å². The summed E-state index contributed by atoms with van der Waals surface area (Å²) in [7, 11) is -7.23. The third-order valence-corrected chi connectivity index (χ3v) is 9.00. The summed E-state index contributed by atoms with van der Waals surface area (Å²) in [5, 5.41) is 6.41. The third-order valence-electron chi connectivity index (χ3n) is 5.35. The van der Waals surface area contributed by atoms with Gasteiger partial charge >= 0.3 is 18.1 Å². The Balaban J connectivity index is 0.00000152. The zero-order chi connectivity index (χ0) is 28.5. The fourth-order valence-corrected chi connectivity index (χ4v) is 6.55. The molecule has 0 aliphatic carbocycles. The molecule has 12 nitrogen and oxygen atoms in total. The Morgan fingerprint density at radius 2 is 1.47 bits per heavy atom. The lowest BCUT2D eigenvalue weighted by molar-refractivity contribution is -0.192. The Hall–Kier alpha value is -1.98. The van der Waals surface area contributed by atoms with Gasteiger partial charge in [0.05, 0.1) is 17.3 Å². The van der Waals surface area contributed by atoms with Crippen molar-refractivity contribution in [1.29, 1.82) is 0 Å². The summed E-state index contributed by atoms with van der Waals surface area (Å²) in [6.07, 6.45) is -2.20. The highest BCUT2D eigenvalue weighted by atomic mass is 32.2. The van der Waals surface area contributed by atoms with Crippen LogP contribution >= 0.6 is 0 Å². The molecule has 1 saturated heterocycles. The molecule has 0 aromatic carbocycles. The number of nitrogens with two attached hydrogens (primary N) is 2. The molecule has 1 aliphatic heterocycles. The number of ether oxygens (including phenoxy) is 1. The number of sulfone groups is 1. The number of nitrogens with zero attached hydrogens (tertiary/aromatic N) is 1. The highest BCUT2D eigenvalue weighted by molar-refractivity contribution is 7.92. The zero-order valence-corrected chi connectivity index (χ0v) is 21.9. The molecule has 1 amide bonds. The fourth-order valence-electron chi connectivity index (χ4n) is 3.35. The molecule has 0 aromatic heterocycles. The Morgan fingerprint density at radius 1 is 1.06 bits per heavy atom. The minimum absolute atomic E-state index is 0.151. The van der Waals surface area contributed by atoms with Crippen LogP contribution < -0.4 is 11.5 Å². The molecule has 1 heterocycles. The first-order valence-corrected chi connectivity index (χ1v) is 14.5. The highest BCUT2D eigenvalue weighted by Gasteiger charge is 2.48. The summed E-state index contributed by atoms with van der Waals surface area (Å²) in [6, 6.07) is 0. The molecule has 0 radical (unpaired) electrons. The number of halogens is 3. The number of carbonyl (C=O) groups excluding carboxylic acids is 2. The molecular formula is C19H34F3N3O9S2. The number of sulfonamides is 1. The summed E-state index contributed by atoms with van der Waals surface area (Å²) in [4.78, 5) is 33.5. The molecule has 212 valence electrons. The molecule has 5 N–H and O–H groups in total. The van der Waals surface area contributed by atoms with Crippen LogP contribution in [0.2, 0.25) is 0 Å². The van der Waals surface area contributed by atoms with Crippen molar-refractivity contribution in [3.63, 3.8) is 0 Å². The van der Waals surface area contributed by atoms with E-state index in [0.717, 1.165) is 6.26 Å². The molecule has 1 fully saturated rings. The standard InChI is InChI=1S/C17H33N3O7S2.C2HF3O2/c1-4-6-14(7-5-2)29(25,26)12-17(19,15(18)21)16(22)27-13-8-10-20(11-9-13)28(3,23)24;3-2(4,5)1(6)7/h13-14H,4-12,19H2,1-3H3,(H2,18,21);(H,6,7)/t17-;/m0./s1. The highest BCUT2D eigenvalue weighted by Crippen LogP contribution is 2.22. The number of amides is 1. The maximum atomic E-state index is 12.8. The Kier molecular flexibility index (Phi) is 12.8. The lowest BCUT2D eigenvalue weighted by Crippen LogP contribution is -2.64. The van der Waals surface area contributed by atoms with Crippen molar-refractivity contribution in [2.24, 2.45) is 11.5 Å². The van der Waals surface area contributed by atoms with Crippen LogP contribution in [0.3, 0.4) is 0 Å². The number of piperidine rings is 1. The maximum absolute atomic E-state index is 12.8. The summed E-state index contributed by atoms with van der Waals surface area (Å²) < 4.78 is 87.0. The molecule has 1 rings (SSSR count). The molecule has 0 bridgehead atoms. The van der Waals surface area contributed by atoms with Gasteiger partial charge in [0.1, 0.15) is 6.10 Å². The average molecular weight is 570 g/mol. The number of alkyl halides is 3. The number of primary amides is 1. The topological polar surface area (TPSA) is 204 Å². The van der Waals surface area contributed by atoms with E-state index in [0.29, 0.717) is 25.7 Å². The number of rotatable bonds is 11. The van der Waals surface area contributed by atoms with E-state index in [4.69, 9.17) is 26.1 Å². The van der Waals surface area contributed by atoms with Crippen molar-refractivity contribution in [3.8, 4) is 0 Å². The molecule has 0 spiro atoms. The van der Waals surface area contributed by atoms with Crippen molar-refractivity contribution in [2.45, 2.75) is 75.4 Å². The molecule has 0 aromatic rings. The van der Waals surface area contributed by atoms with Gasteiger partial charge in [0, 0.05) is 13.1 Å². The number of esters is 1. The van der Waals surface area contributed by atoms with Crippen molar-refractivity contribution < 1.29 is 54.2 Å². The lowest BCUT2D eigenvalue weighted by atomic mass is 10.0. The smallest absolute Gasteiger partial charge is 0.475 e. The monoisotopic (exact) mass is 569 g/mol. The summed E-state index contributed by atoms with van der Waals surface area (Å²) >= 11 is 0. The molecule has 1 aliphatic rings. The van der Waals surface area contributed by atoms with Crippen molar-refractivity contribution >= 4 is 37.7 Å². The lowest BCUT2D eigenvalue weighted by Gasteiger charge is -2.32. The number of carboxylic acids is 1. The van der Waals surface area contributed by atoms with Crippen LogP contribution in [0.4, 0.5) is 13.2 Å². The van der Waals surface area contributed by atoms with Crippen LogP contribution in [0.1, 0.15) is 52.4 Å². The van der Waals surface area contributed by atoms with Crippen LogP contribution in [0.25, 0.3) is 0 Å². The van der Waals surface area contributed by atoms with Gasteiger partial charge in [0.25, 0.3) is 0 Å². The van der Waals surface area contributed by atoms with Gasteiger partial charge in [-0.15, -0.1) is 0 Å². The van der Waals surface area contributed by atoms with E-state index < -0.39 is 66.5 Å². The van der Waals surface area contributed by atoms with E-state index in [-0.39, 0.29) is 25.9 Å². The van der Waals surface area contributed by atoms with Crippen LogP contribution in [-0.4, -0.2) is 92.3 Å². The Labute approximate surface area is 208 Å². The molecule has 17 heteroatoms. The van der Waals surface area contributed by atoms with Gasteiger partial charge in [0.15, 0.2) is 9.84 Å². The molecule has 0 saturated carbocycles. The minimum Gasteiger partial charge on any atom is -0.475 e. The number of carboxylic acid groups (broad SMARTS) is 1. The van der Waals surface area contributed by atoms with E-state index in [2.05, 4.69) is 0 Å². The molecular weight excluding hydrogens is 535 g/mol. The first-order valence-electron chi connectivity index (χ1n) is 11.0. The van der Waals surface area contributed by atoms with Gasteiger partial charge < -0.3 is 21.3 Å². The van der Waals surface area contributed by atoms with Gasteiger partial charge in [0.2, 0.25) is 21.5 Å². The predicted octanol–water partition coefficient (Wildman–Crippen LogP) is 0.153. The van der Waals surface area contributed by atoms with Gasteiger partial charge in [-0.1, -0.05) is 26.7 Å². The van der Waals surface area contributed by atoms with E-state index in [1.807, 2.05) is 13.8 Å². The largest absolute Gasteiger partial charge is 0.490 e. The van der Waals surface area contributed by atoms with Crippen molar-refractivity contribution in [3.05, 3.63) is 0 Å². The summed E-state index contributed by atoms with van der Waals surface area (Å²) in [6.45, 7) is 3.99. The second kappa shape index (κ2) is 13.5. The minimum atomic E-state index is -5.08. The predicted molar refractivity (Wildman–Crippen MR) is 123 cm³/mol.